The topological polar surface area (TPSA) is 64.4 Å². The number of ether oxygens (including phenoxy) is 1. The van der Waals surface area contributed by atoms with E-state index in [0.29, 0.717) is 12.6 Å². The molecule has 0 aromatic carbocycles. The lowest BCUT2D eigenvalue weighted by Crippen LogP contribution is -2.31. The lowest BCUT2D eigenvalue weighted by molar-refractivity contribution is -0.119. The normalized spacial score (nSPS) is 17.2. The Balaban J connectivity index is 1.86. The van der Waals surface area contributed by atoms with Gasteiger partial charge in [0.2, 0.25) is 5.91 Å². The molecule has 0 saturated heterocycles. The molecule has 1 saturated carbocycles. The van der Waals surface area contributed by atoms with Crippen LogP contribution in [0.4, 0.5) is 0 Å². The Kier molecular flexibility index (Phi) is 5.56. The number of nitrogens with one attached hydrogen (secondary N) is 1. The molecule has 4 heteroatoms. The number of amides is 1. The second-order valence-electron chi connectivity index (χ2n) is 3.68. The van der Waals surface area contributed by atoms with Crippen LogP contribution >= 0.6 is 0 Å². The fourth-order valence-corrected chi connectivity index (χ4v) is 1.68. The third-order valence-corrected chi connectivity index (χ3v) is 2.48. The van der Waals surface area contributed by atoms with Crippen LogP contribution < -0.4 is 11.1 Å². The first-order valence-corrected chi connectivity index (χ1v) is 5.41. The Morgan fingerprint density at radius 2 is 2.14 bits per heavy atom. The van der Waals surface area contributed by atoms with Gasteiger partial charge in [0.05, 0.1) is 12.6 Å². The molecule has 4 nitrogen and oxygen atoms in total. The molecule has 0 bridgehead atoms. The molecule has 0 heterocycles. The molecule has 0 aromatic heterocycles. The minimum absolute atomic E-state index is 0.0729. The molecule has 82 valence electrons. The van der Waals surface area contributed by atoms with E-state index in [1.165, 1.54) is 25.7 Å². The summed E-state index contributed by atoms with van der Waals surface area (Å²) >= 11 is 0. The van der Waals surface area contributed by atoms with Crippen LogP contribution in [0.1, 0.15) is 32.1 Å². The zero-order valence-electron chi connectivity index (χ0n) is 8.63. The molecule has 1 amide bonds. The summed E-state index contributed by atoms with van der Waals surface area (Å²) in [6, 6.07) is 0. The average molecular weight is 200 g/mol. The molecular weight excluding hydrogens is 180 g/mol. The van der Waals surface area contributed by atoms with Gasteiger partial charge in [-0.25, -0.2) is 0 Å². The summed E-state index contributed by atoms with van der Waals surface area (Å²) in [5.74, 6) is -0.0918. The van der Waals surface area contributed by atoms with Gasteiger partial charge in [-0.1, -0.05) is 12.8 Å². The van der Waals surface area contributed by atoms with Crippen LogP contribution in [0.5, 0.6) is 0 Å². The average Bonchev–Trinajstić information content (AvgIpc) is 2.69. The van der Waals surface area contributed by atoms with Gasteiger partial charge in [0.1, 0.15) is 0 Å². The maximum Gasteiger partial charge on any atom is 0.233 e. The van der Waals surface area contributed by atoms with Gasteiger partial charge >= 0.3 is 0 Å². The monoisotopic (exact) mass is 200 g/mol. The molecule has 3 N–H and O–H groups in total. The van der Waals surface area contributed by atoms with Crippen LogP contribution in [0.25, 0.3) is 0 Å². The molecular formula is C10H20N2O2. The number of hydrogen-bond acceptors (Lipinski definition) is 3. The summed E-state index contributed by atoms with van der Waals surface area (Å²) in [6.45, 7) is 1.49. The lowest BCUT2D eigenvalue weighted by Gasteiger charge is -2.10. The van der Waals surface area contributed by atoms with Crippen molar-refractivity contribution in [3.05, 3.63) is 0 Å². The number of carbonyl (C=O) groups excluding carboxylic acids is 1. The summed E-state index contributed by atoms with van der Waals surface area (Å²) in [5.41, 5.74) is 5.14. The highest BCUT2D eigenvalue weighted by molar-refractivity contribution is 5.77. The fraction of sp³-hybridized carbons (Fsp3) is 0.900. The van der Waals surface area contributed by atoms with Crippen molar-refractivity contribution in [2.75, 3.05) is 19.7 Å². The van der Waals surface area contributed by atoms with Gasteiger partial charge < -0.3 is 15.8 Å². The molecule has 0 radical (unpaired) electrons. The minimum Gasteiger partial charge on any atom is -0.378 e. The Bertz CT molecular complexity index is 168. The summed E-state index contributed by atoms with van der Waals surface area (Å²) in [4.78, 5) is 10.8. The number of nitrogens with two attached hydrogens (primary N) is 1. The summed E-state index contributed by atoms with van der Waals surface area (Å²) in [5, 5.41) is 2.71. The standard InChI is InChI=1S/C10H20N2O2/c11-8-10(13)12-6-3-7-14-9-4-1-2-5-9/h9H,1-8,11H2,(H,12,13). The zero-order valence-corrected chi connectivity index (χ0v) is 8.63. The van der Waals surface area contributed by atoms with Crippen molar-refractivity contribution in [1.82, 2.24) is 5.32 Å². The Morgan fingerprint density at radius 1 is 1.43 bits per heavy atom. The fourth-order valence-electron chi connectivity index (χ4n) is 1.68. The highest BCUT2D eigenvalue weighted by Crippen LogP contribution is 2.20. The molecule has 0 aliphatic heterocycles. The highest BCUT2D eigenvalue weighted by Gasteiger charge is 2.14. The molecule has 0 unspecified atom stereocenters. The van der Waals surface area contributed by atoms with Gasteiger partial charge in [-0.2, -0.15) is 0 Å². The van der Waals surface area contributed by atoms with Gasteiger partial charge in [0.25, 0.3) is 0 Å². The van der Waals surface area contributed by atoms with E-state index >= 15 is 0 Å². The Hall–Kier alpha value is -0.610. The maximum atomic E-state index is 10.8. The van der Waals surface area contributed by atoms with Crippen molar-refractivity contribution >= 4 is 5.91 Å². The summed E-state index contributed by atoms with van der Waals surface area (Å²) < 4.78 is 5.64. The third-order valence-electron chi connectivity index (χ3n) is 2.48. The second-order valence-corrected chi connectivity index (χ2v) is 3.68. The third kappa shape index (κ3) is 4.58. The van der Waals surface area contributed by atoms with Crippen molar-refractivity contribution in [2.45, 2.75) is 38.2 Å². The van der Waals surface area contributed by atoms with Crippen molar-refractivity contribution in [1.29, 1.82) is 0 Å². The summed E-state index contributed by atoms with van der Waals surface area (Å²) in [7, 11) is 0. The molecule has 1 fully saturated rings. The molecule has 1 aliphatic carbocycles. The number of rotatable bonds is 6. The predicted octanol–water partition coefficient (Wildman–Crippen LogP) is 0.411. The minimum atomic E-state index is -0.0918. The number of carbonyl (C=O) groups is 1. The van der Waals surface area contributed by atoms with Crippen LogP contribution in [0.3, 0.4) is 0 Å². The molecule has 0 atom stereocenters. The van der Waals surface area contributed by atoms with Crippen LogP contribution in [0, 0.1) is 0 Å². The van der Waals surface area contributed by atoms with Crippen molar-refractivity contribution < 1.29 is 9.53 Å². The smallest absolute Gasteiger partial charge is 0.233 e. The highest BCUT2D eigenvalue weighted by atomic mass is 16.5. The van der Waals surface area contributed by atoms with Crippen molar-refractivity contribution in [2.24, 2.45) is 5.73 Å². The van der Waals surface area contributed by atoms with Crippen LogP contribution in [-0.4, -0.2) is 31.7 Å². The van der Waals surface area contributed by atoms with E-state index in [0.717, 1.165) is 13.0 Å². The van der Waals surface area contributed by atoms with E-state index in [1.54, 1.807) is 0 Å². The van der Waals surface area contributed by atoms with Gasteiger partial charge in [0, 0.05) is 13.2 Å². The van der Waals surface area contributed by atoms with E-state index in [4.69, 9.17) is 10.5 Å². The zero-order chi connectivity index (χ0) is 10.2. The maximum absolute atomic E-state index is 10.8. The molecule has 0 aromatic rings. The first-order chi connectivity index (χ1) is 6.83. The summed E-state index contributed by atoms with van der Waals surface area (Å²) in [6.07, 6.45) is 6.36. The first kappa shape index (κ1) is 11.5. The SMILES string of the molecule is NCC(=O)NCCCOC1CCCC1. The van der Waals surface area contributed by atoms with Crippen molar-refractivity contribution in [3.8, 4) is 0 Å². The predicted molar refractivity (Wildman–Crippen MR) is 54.9 cm³/mol. The van der Waals surface area contributed by atoms with Crippen LogP contribution in [0.2, 0.25) is 0 Å². The van der Waals surface area contributed by atoms with Crippen molar-refractivity contribution in [3.63, 3.8) is 0 Å². The van der Waals surface area contributed by atoms with Gasteiger partial charge in [0.15, 0.2) is 0 Å². The molecule has 14 heavy (non-hydrogen) atoms. The van der Waals surface area contributed by atoms with Gasteiger partial charge in [-0.15, -0.1) is 0 Å². The molecule has 1 rings (SSSR count). The van der Waals surface area contributed by atoms with E-state index in [9.17, 15) is 4.79 Å². The number of hydrogen-bond donors (Lipinski definition) is 2. The van der Waals surface area contributed by atoms with E-state index in [1.807, 2.05) is 0 Å². The van der Waals surface area contributed by atoms with Crippen LogP contribution in [0.15, 0.2) is 0 Å². The molecule has 0 spiro atoms. The Labute approximate surface area is 85.2 Å². The second kappa shape index (κ2) is 6.79. The van der Waals surface area contributed by atoms with Crippen LogP contribution in [-0.2, 0) is 9.53 Å². The largest absolute Gasteiger partial charge is 0.378 e. The lowest BCUT2D eigenvalue weighted by atomic mass is 10.3. The quantitative estimate of drug-likeness (QED) is 0.610. The Morgan fingerprint density at radius 3 is 2.79 bits per heavy atom. The van der Waals surface area contributed by atoms with E-state index in [2.05, 4.69) is 5.32 Å². The van der Waals surface area contributed by atoms with E-state index < -0.39 is 0 Å². The first-order valence-electron chi connectivity index (χ1n) is 5.41. The molecule has 1 aliphatic rings. The van der Waals surface area contributed by atoms with Gasteiger partial charge in [-0.05, 0) is 19.3 Å². The van der Waals surface area contributed by atoms with E-state index in [-0.39, 0.29) is 12.5 Å². The van der Waals surface area contributed by atoms with Gasteiger partial charge in [-0.3, -0.25) is 4.79 Å².